The van der Waals surface area contributed by atoms with Crippen molar-refractivity contribution in [1.29, 1.82) is 0 Å². The van der Waals surface area contributed by atoms with Gasteiger partial charge in [-0.1, -0.05) is 12.1 Å². The zero-order chi connectivity index (χ0) is 11.8. The quantitative estimate of drug-likeness (QED) is 0.586. The molecule has 0 aliphatic heterocycles. The lowest BCUT2D eigenvalue weighted by molar-refractivity contribution is 0.414. The average molecular weight is 242 g/mol. The van der Waals surface area contributed by atoms with Crippen LogP contribution in [0.4, 0.5) is 0 Å². The van der Waals surface area contributed by atoms with Crippen molar-refractivity contribution in [3.05, 3.63) is 29.8 Å². The first-order valence-electron chi connectivity index (χ1n) is 5.70. The molecule has 2 nitrogen and oxygen atoms in total. The Labute approximate surface area is 103 Å². The minimum absolute atomic E-state index is 0.258. The molecule has 0 heterocycles. The maximum absolute atomic E-state index is 5.85. The van der Waals surface area contributed by atoms with Gasteiger partial charge in [0.2, 0.25) is 0 Å². The van der Waals surface area contributed by atoms with Crippen LogP contribution >= 0.6 is 11.6 Å². The number of ether oxygens (including phenoxy) is 1. The number of methoxy groups -OCH3 is 1. The van der Waals surface area contributed by atoms with Gasteiger partial charge in [0.1, 0.15) is 5.75 Å². The van der Waals surface area contributed by atoms with Crippen LogP contribution in [0.2, 0.25) is 0 Å². The lowest BCUT2D eigenvalue weighted by Gasteiger charge is -2.06. The molecule has 0 bridgehead atoms. The fraction of sp³-hybridized carbons (Fsp3) is 0.538. The predicted octanol–water partition coefficient (Wildman–Crippen LogP) is 2.84. The summed E-state index contributed by atoms with van der Waals surface area (Å²) in [6.45, 7) is 4.00. The lowest BCUT2D eigenvalue weighted by atomic mass is 10.1. The highest BCUT2D eigenvalue weighted by molar-refractivity contribution is 6.20. The van der Waals surface area contributed by atoms with Crippen LogP contribution in [0.5, 0.6) is 5.75 Å². The van der Waals surface area contributed by atoms with E-state index in [1.54, 1.807) is 7.11 Å². The van der Waals surface area contributed by atoms with Gasteiger partial charge in [-0.2, -0.15) is 0 Å². The number of hydrogen-bond acceptors (Lipinski definition) is 2. The molecule has 1 aromatic rings. The smallest absolute Gasteiger partial charge is 0.118 e. The van der Waals surface area contributed by atoms with E-state index < -0.39 is 0 Å². The molecule has 0 amide bonds. The first-order valence-corrected chi connectivity index (χ1v) is 6.13. The van der Waals surface area contributed by atoms with Crippen molar-refractivity contribution >= 4 is 11.6 Å². The number of alkyl halides is 1. The van der Waals surface area contributed by atoms with Crippen LogP contribution in [0.25, 0.3) is 0 Å². The molecule has 16 heavy (non-hydrogen) atoms. The largest absolute Gasteiger partial charge is 0.497 e. The van der Waals surface area contributed by atoms with Gasteiger partial charge in [-0.15, -0.1) is 11.6 Å². The van der Waals surface area contributed by atoms with Crippen molar-refractivity contribution in [2.24, 2.45) is 0 Å². The van der Waals surface area contributed by atoms with E-state index in [1.807, 2.05) is 19.1 Å². The molecule has 0 fully saturated rings. The van der Waals surface area contributed by atoms with E-state index in [-0.39, 0.29) is 5.38 Å². The summed E-state index contributed by atoms with van der Waals surface area (Å²) >= 11 is 5.85. The number of rotatable bonds is 7. The minimum atomic E-state index is 0.258. The second-order valence-corrected chi connectivity index (χ2v) is 4.66. The maximum Gasteiger partial charge on any atom is 0.118 e. The molecule has 0 spiro atoms. The summed E-state index contributed by atoms with van der Waals surface area (Å²) in [7, 11) is 1.68. The van der Waals surface area contributed by atoms with Crippen LogP contribution in [-0.2, 0) is 6.42 Å². The molecule has 1 aromatic carbocycles. The lowest BCUT2D eigenvalue weighted by Crippen LogP contribution is -2.20. The van der Waals surface area contributed by atoms with Gasteiger partial charge in [-0.05, 0) is 50.6 Å². The molecule has 1 unspecified atom stereocenters. The van der Waals surface area contributed by atoms with Crippen molar-refractivity contribution in [3.63, 3.8) is 0 Å². The molecular weight excluding hydrogens is 222 g/mol. The van der Waals surface area contributed by atoms with Gasteiger partial charge in [-0.25, -0.2) is 0 Å². The van der Waals surface area contributed by atoms with Crippen molar-refractivity contribution in [3.8, 4) is 5.75 Å². The molecule has 1 rings (SSSR count). The third kappa shape index (κ3) is 5.38. The van der Waals surface area contributed by atoms with Gasteiger partial charge in [-0.3, -0.25) is 0 Å². The summed E-state index contributed by atoms with van der Waals surface area (Å²) in [5.74, 6) is 0.910. The normalized spacial score (nSPS) is 12.4. The zero-order valence-corrected chi connectivity index (χ0v) is 10.8. The molecule has 0 radical (unpaired) electrons. The van der Waals surface area contributed by atoms with E-state index in [4.69, 9.17) is 16.3 Å². The topological polar surface area (TPSA) is 21.3 Å². The highest BCUT2D eigenvalue weighted by atomic mass is 35.5. The first kappa shape index (κ1) is 13.3. The van der Waals surface area contributed by atoms with E-state index >= 15 is 0 Å². The molecule has 0 aliphatic carbocycles. The highest BCUT2D eigenvalue weighted by Crippen LogP contribution is 2.11. The van der Waals surface area contributed by atoms with Crippen molar-refractivity contribution < 1.29 is 4.74 Å². The Bertz CT molecular complexity index is 284. The Morgan fingerprint density at radius 1 is 1.25 bits per heavy atom. The molecule has 0 aromatic heterocycles. The van der Waals surface area contributed by atoms with Gasteiger partial charge in [0.05, 0.1) is 7.11 Å². The minimum Gasteiger partial charge on any atom is -0.497 e. The van der Waals surface area contributed by atoms with Gasteiger partial charge in [0.15, 0.2) is 0 Å². The van der Waals surface area contributed by atoms with E-state index in [0.717, 1.165) is 31.7 Å². The third-order valence-electron chi connectivity index (χ3n) is 2.47. The van der Waals surface area contributed by atoms with Gasteiger partial charge < -0.3 is 10.1 Å². The molecule has 90 valence electrons. The van der Waals surface area contributed by atoms with Crippen LogP contribution in [0.3, 0.4) is 0 Å². The first-order chi connectivity index (χ1) is 7.72. The molecule has 0 saturated heterocycles. The monoisotopic (exact) mass is 241 g/mol. The molecule has 1 atom stereocenters. The van der Waals surface area contributed by atoms with E-state index in [2.05, 4.69) is 17.4 Å². The second kappa shape index (κ2) is 7.53. The Kier molecular flexibility index (Phi) is 6.27. The zero-order valence-electron chi connectivity index (χ0n) is 10.0. The summed E-state index contributed by atoms with van der Waals surface area (Å²) in [6.07, 6.45) is 2.06. The third-order valence-corrected chi connectivity index (χ3v) is 2.69. The summed E-state index contributed by atoms with van der Waals surface area (Å²) < 4.78 is 5.11. The highest BCUT2D eigenvalue weighted by Gasteiger charge is 1.96. The van der Waals surface area contributed by atoms with Crippen LogP contribution in [0.1, 0.15) is 18.9 Å². The maximum atomic E-state index is 5.85. The van der Waals surface area contributed by atoms with Crippen molar-refractivity contribution in [1.82, 2.24) is 5.32 Å². The van der Waals surface area contributed by atoms with Crippen LogP contribution in [0, 0.1) is 0 Å². The Balaban J connectivity index is 2.16. The van der Waals surface area contributed by atoms with Gasteiger partial charge >= 0.3 is 0 Å². The van der Waals surface area contributed by atoms with Crippen LogP contribution < -0.4 is 10.1 Å². The standard InChI is InChI=1S/C13H20ClNO/c1-11(14)7-9-15-10-8-12-3-5-13(16-2)6-4-12/h3-6,11,15H,7-10H2,1-2H3. The SMILES string of the molecule is COc1ccc(CCNCCC(C)Cl)cc1. The number of hydrogen-bond donors (Lipinski definition) is 1. The second-order valence-electron chi connectivity index (χ2n) is 3.92. The Morgan fingerprint density at radius 3 is 2.50 bits per heavy atom. The number of halogens is 1. The van der Waals surface area contributed by atoms with Crippen molar-refractivity contribution in [2.45, 2.75) is 25.1 Å². The number of benzene rings is 1. The van der Waals surface area contributed by atoms with Gasteiger partial charge in [0, 0.05) is 5.38 Å². The molecule has 0 saturated carbocycles. The van der Waals surface area contributed by atoms with E-state index in [0.29, 0.717) is 0 Å². The fourth-order valence-electron chi connectivity index (χ4n) is 1.45. The predicted molar refractivity (Wildman–Crippen MR) is 69.5 cm³/mol. The van der Waals surface area contributed by atoms with E-state index in [1.165, 1.54) is 5.56 Å². The van der Waals surface area contributed by atoms with Crippen LogP contribution in [0.15, 0.2) is 24.3 Å². The molecular formula is C13H20ClNO. The fourth-order valence-corrected chi connectivity index (χ4v) is 1.56. The van der Waals surface area contributed by atoms with Crippen molar-refractivity contribution in [2.75, 3.05) is 20.2 Å². The molecule has 1 N–H and O–H groups in total. The average Bonchev–Trinajstić information content (AvgIpc) is 2.29. The summed E-state index contributed by atoms with van der Waals surface area (Å²) in [5.41, 5.74) is 1.33. The van der Waals surface area contributed by atoms with Gasteiger partial charge in [0.25, 0.3) is 0 Å². The summed E-state index contributed by atoms with van der Waals surface area (Å²) in [5, 5.41) is 3.64. The van der Waals surface area contributed by atoms with Crippen LogP contribution in [-0.4, -0.2) is 25.6 Å². The number of nitrogens with one attached hydrogen (secondary N) is 1. The summed E-state index contributed by atoms with van der Waals surface area (Å²) in [6, 6.07) is 8.20. The Morgan fingerprint density at radius 2 is 1.94 bits per heavy atom. The molecule has 0 aliphatic rings. The summed E-state index contributed by atoms with van der Waals surface area (Å²) in [4.78, 5) is 0. The molecule has 3 heteroatoms. The van der Waals surface area contributed by atoms with E-state index in [9.17, 15) is 0 Å². The Hall–Kier alpha value is -0.730.